The van der Waals surface area contributed by atoms with Gasteiger partial charge in [0.15, 0.2) is 0 Å². The van der Waals surface area contributed by atoms with Crippen molar-refractivity contribution in [2.75, 3.05) is 13.1 Å². The van der Waals surface area contributed by atoms with Crippen LogP contribution in [0.2, 0.25) is 0 Å². The fourth-order valence-electron chi connectivity index (χ4n) is 1.29. The first-order valence-corrected chi connectivity index (χ1v) is 6.54. The van der Waals surface area contributed by atoms with Crippen molar-refractivity contribution >= 4 is 23.8 Å². The minimum Gasteiger partial charge on any atom is -0.480 e. The highest BCUT2D eigenvalue weighted by atomic mass is 16.4. The molecule has 0 aliphatic rings. The third-order valence-corrected chi connectivity index (χ3v) is 2.40. The number of hydrogen-bond donors (Lipinski definition) is 5. The average Bonchev–Trinajstić information content (AvgIpc) is 2.38. The number of aliphatic carboxylic acids is 1. The summed E-state index contributed by atoms with van der Waals surface area (Å²) in [4.78, 5) is 44.3. The number of primary amides is 1. The van der Waals surface area contributed by atoms with E-state index in [9.17, 15) is 19.2 Å². The lowest BCUT2D eigenvalue weighted by atomic mass is 10.1. The van der Waals surface area contributed by atoms with Crippen molar-refractivity contribution in [3.05, 3.63) is 0 Å². The third kappa shape index (κ3) is 10.2. The average molecular weight is 302 g/mol. The Morgan fingerprint density at radius 2 is 1.76 bits per heavy atom. The second kappa shape index (κ2) is 9.56. The molecule has 4 amide bonds. The van der Waals surface area contributed by atoms with Gasteiger partial charge in [-0.1, -0.05) is 13.8 Å². The van der Waals surface area contributed by atoms with Gasteiger partial charge in [0, 0.05) is 13.0 Å². The van der Waals surface area contributed by atoms with E-state index in [2.05, 4.69) is 16.0 Å². The fourth-order valence-corrected chi connectivity index (χ4v) is 1.29. The molecule has 0 heterocycles. The topological polar surface area (TPSA) is 151 Å². The molecule has 1 atom stereocenters. The molecular formula is C12H22N4O5. The number of amides is 4. The Bertz CT molecular complexity index is 397. The second-order valence-electron chi connectivity index (χ2n) is 4.92. The Balaban J connectivity index is 4.11. The summed E-state index contributed by atoms with van der Waals surface area (Å²) in [7, 11) is 0. The molecule has 0 bridgehead atoms. The molecule has 0 aliphatic carbocycles. The van der Waals surface area contributed by atoms with E-state index < -0.39 is 23.9 Å². The van der Waals surface area contributed by atoms with Crippen molar-refractivity contribution in [3.8, 4) is 0 Å². The Kier molecular flexibility index (Phi) is 8.51. The first-order chi connectivity index (χ1) is 9.72. The van der Waals surface area contributed by atoms with Crippen LogP contribution in [0.4, 0.5) is 4.79 Å². The van der Waals surface area contributed by atoms with E-state index in [-0.39, 0.29) is 31.2 Å². The summed E-state index contributed by atoms with van der Waals surface area (Å²) in [5, 5.41) is 15.9. The van der Waals surface area contributed by atoms with Crippen molar-refractivity contribution < 1.29 is 24.3 Å². The van der Waals surface area contributed by atoms with Gasteiger partial charge in [0.1, 0.15) is 6.04 Å². The number of carboxylic acids is 1. The maximum Gasteiger partial charge on any atom is 0.326 e. The predicted molar refractivity (Wildman–Crippen MR) is 74.2 cm³/mol. The summed E-state index contributed by atoms with van der Waals surface area (Å²) < 4.78 is 0. The van der Waals surface area contributed by atoms with Crippen LogP contribution < -0.4 is 21.7 Å². The van der Waals surface area contributed by atoms with Gasteiger partial charge < -0.3 is 26.8 Å². The first-order valence-electron chi connectivity index (χ1n) is 6.54. The van der Waals surface area contributed by atoms with Gasteiger partial charge in [0.2, 0.25) is 11.8 Å². The van der Waals surface area contributed by atoms with Crippen molar-refractivity contribution in [2.24, 2.45) is 11.7 Å². The van der Waals surface area contributed by atoms with E-state index in [1.807, 2.05) is 13.8 Å². The lowest BCUT2D eigenvalue weighted by molar-refractivity contribution is -0.139. The normalized spacial score (nSPS) is 11.6. The lowest BCUT2D eigenvalue weighted by Gasteiger charge is -2.14. The second-order valence-corrected chi connectivity index (χ2v) is 4.92. The summed E-state index contributed by atoms with van der Waals surface area (Å²) in [6.07, 6.45) is -0.274. The van der Waals surface area contributed by atoms with E-state index in [1.54, 1.807) is 0 Å². The number of carbonyl (C=O) groups excluding carboxylic acids is 3. The maximum absolute atomic E-state index is 11.5. The van der Waals surface area contributed by atoms with E-state index in [4.69, 9.17) is 10.8 Å². The molecule has 0 saturated heterocycles. The molecule has 0 rings (SSSR count). The maximum atomic E-state index is 11.5. The van der Waals surface area contributed by atoms with Gasteiger partial charge in [-0.15, -0.1) is 0 Å². The van der Waals surface area contributed by atoms with Crippen LogP contribution in [0.15, 0.2) is 0 Å². The number of hydrogen-bond acceptors (Lipinski definition) is 4. The molecule has 0 unspecified atom stereocenters. The first kappa shape index (κ1) is 18.7. The van der Waals surface area contributed by atoms with E-state index >= 15 is 0 Å². The molecule has 0 aromatic carbocycles. The molecule has 120 valence electrons. The number of rotatable bonds is 9. The molecular weight excluding hydrogens is 280 g/mol. The van der Waals surface area contributed by atoms with Crippen molar-refractivity contribution in [1.82, 2.24) is 16.0 Å². The quantitative estimate of drug-likeness (QED) is 0.361. The Labute approximate surface area is 122 Å². The van der Waals surface area contributed by atoms with Crippen molar-refractivity contribution in [3.63, 3.8) is 0 Å². The molecule has 0 aromatic rings. The lowest BCUT2D eigenvalue weighted by Crippen LogP contribution is -2.48. The van der Waals surface area contributed by atoms with Crippen molar-refractivity contribution in [1.29, 1.82) is 0 Å². The van der Waals surface area contributed by atoms with E-state index in [0.29, 0.717) is 6.54 Å². The van der Waals surface area contributed by atoms with Crippen LogP contribution in [0.3, 0.4) is 0 Å². The number of nitrogens with two attached hydrogens (primary N) is 1. The zero-order chi connectivity index (χ0) is 16.4. The molecule has 21 heavy (non-hydrogen) atoms. The van der Waals surface area contributed by atoms with Gasteiger partial charge in [-0.05, 0) is 12.3 Å². The molecule has 0 aromatic heterocycles. The molecule has 0 spiro atoms. The van der Waals surface area contributed by atoms with Crippen LogP contribution in [0.1, 0.15) is 26.7 Å². The van der Waals surface area contributed by atoms with Crippen LogP contribution in [-0.2, 0) is 14.4 Å². The predicted octanol–water partition coefficient (Wildman–Crippen LogP) is -1.22. The Hall–Kier alpha value is -2.32. The molecule has 9 nitrogen and oxygen atoms in total. The molecule has 0 fully saturated rings. The van der Waals surface area contributed by atoms with Gasteiger partial charge in [-0.3, -0.25) is 9.59 Å². The third-order valence-electron chi connectivity index (χ3n) is 2.40. The van der Waals surface area contributed by atoms with Crippen LogP contribution in [-0.4, -0.2) is 48.1 Å². The minimum atomic E-state index is -1.28. The highest BCUT2D eigenvalue weighted by Gasteiger charge is 2.20. The summed E-state index contributed by atoms with van der Waals surface area (Å²) in [5.74, 6) is -2.02. The SMILES string of the molecule is CC(C)CNC(=O)CNC(=O)N[C@@H](CCC(N)=O)C(=O)O. The molecule has 0 radical (unpaired) electrons. The summed E-state index contributed by atoms with van der Waals surface area (Å²) in [6, 6.07) is -2.04. The fraction of sp³-hybridized carbons (Fsp3) is 0.667. The van der Waals surface area contributed by atoms with Crippen LogP contribution in [0.25, 0.3) is 0 Å². The molecule has 0 aliphatic heterocycles. The van der Waals surface area contributed by atoms with Gasteiger partial charge >= 0.3 is 12.0 Å². The number of nitrogens with one attached hydrogen (secondary N) is 3. The zero-order valence-corrected chi connectivity index (χ0v) is 12.1. The molecule has 6 N–H and O–H groups in total. The minimum absolute atomic E-state index is 0.113. The van der Waals surface area contributed by atoms with Crippen LogP contribution in [0, 0.1) is 5.92 Å². The van der Waals surface area contributed by atoms with E-state index in [1.165, 1.54) is 0 Å². The zero-order valence-electron chi connectivity index (χ0n) is 12.1. The highest BCUT2D eigenvalue weighted by Crippen LogP contribution is 1.97. The number of carbonyl (C=O) groups is 4. The monoisotopic (exact) mass is 302 g/mol. The van der Waals surface area contributed by atoms with Gasteiger partial charge in [0.05, 0.1) is 6.54 Å². The van der Waals surface area contributed by atoms with Gasteiger partial charge in [-0.2, -0.15) is 0 Å². The largest absolute Gasteiger partial charge is 0.480 e. The Morgan fingerprint density at radius 1 is 1.14 bits per heavy atom. The molecule has 0 saturated carbocycles. The standard InChI is InChI=1S/C12H22N4O5/c1-7(2)5-14-10(18)6-15-12(21)16-8(11(19)20)3-4-9(13)17/h7-8H,3-6H2,1-2H3,(H2,13,17)(H,14,18)(H,19,20)(H2,15,16,21)/t8-/m0/s1. The van der Waals surface area contributed by atoms with Gasteiger partial charge in [0.25, 0.3) is 0 Å². The molecule has 9 heteroatoms. The number of carboxylic acid groups (broad SMARTS) is 1. The Morgan fingerprint density at radius 3 is 2.24 bits per heavy atom. The number of urea groups is 1. The van der Waals surface area contributed by atoms with Crippen LogP contribution in [0.5, 0.6) is 0 Å². The summed E-state index contributed by atoms with van der Waals surface area (Å²) in [5.41, 5.74) is 4.91. The van der Waals surface area contributed by atoms with Crippen molar-refractivity contribution in [2.45, 2.75) is 32.7 Å². The van der Waals surface area contributed by atoms with Crippen LogP contribution >= 0.6 is 0 Å². The highest BCUT2D eigenvalue weighted by molar-refractivity contribution is 5.86. The van der Waals surface area contributed by atoms with E-state index in [0.717, 1.165) is 0 Å². The van der Waals surface area contributed by atoms with Gasteiger partial charge in [-0.25, -0.2) is 9.59 Å². The smallest absolute Gasteiger partial charge is 0.326 e. The summed E-state index contributed by atoms with van der Waals surface area (Å²) >= 11 is 0. The summed E-state index contributed by atoms with van der Waals surface area (Å²) in [6.45, 7) is 4.08.